The normalized spacial score (nSPS) is 31.1. The molecule has 5 rings (SSSR count). The molecule has 4 unspecified atom stereocenters. The SMILES string of the molecule is Cc1[nH]c2ccccc2c1/C=N/N1C(=O)C2C3C=CC(C3)C2C1=O. The van der Waals surface area contributed by atoms with Gasteiger partial charge >= 0.3 is 0 Å². The monoisotopic (exact) mass is 319 g/mol. The van der Waals surface area contributed by atoms with Gasteiger partial charge in [0, 0.05) is 22.2 Å². The maximum Gasteiger partial charge on any atom is 0.254 e. The number of aromatic nitrogens is 1. The number of rotatable bonds is 2. The fourth-order valence-electron chi connectivity index (χ4n) is 4.58. The maximum absolute atomic E-state index is 12.6. The van der Waals surface area contributed by atoms with E-state index in [-0.39, 0.29) is 35.5 Å². The van der Waals surface area contributed by atoms with Crippen molar-refractivity contribution in [2.45, 2.75) is 13.3 Å². The molecule has 5 heteroatoms. The number of nitrogens with zero attached hydrogens (tertiary/aromatic N) is 2. The molecule has 2 heterocycles. The number of carbonyl (C=O) groups is 2. The standard InChI is InChI=1S/C19H17N3O2/c1-10-14(13-4-2-3-5-15(13)21-10)9-20-22-18(23)16-11-6-7-12(8-11)17(16)19(22)24/h2-7,9,11-12,16-17,21H,8H2,1H3/b20-9+. The highest BCUT2D eigenvalue weighted by Crippen LogP contribution is 2.52. The minimum Gasteiger partial charge on any atom is -0.358 e. The van der Waals surface area contributed by atoms with Gasteiger partial charge in [0.15, 0.2) is 0 Å². The van der Waals surface area contributed by atoms with Crippen LogP contribution >= 0.6 is 0 Å². The zero-order valence-corrected chi connectivity index (χ0v) is 13.3. The van der Waals surface area contributed by atoms with Crippen molar-refractivity contribution in [1.29, 1.82) is 0 Å². The van der Waals surface area contributed by atoms with Crippen LogP contribution in [0.25, 0.3) is 10.9 Å². The molecule has 4 atom stereocenters. The molecular weight excluding hydrogens is 302 g/mol. The van der Waals surface area contributed by atoms with E-state index in [1.54, 1.807) is 6.21 Å². The third-order valence-electron chi connectivity index (χ3n) is 5.69. The fourth-order valence-corrected chi connectivity index (χ4v) is 4.58. The number of hydrogen-bond donors (Lipinski definition) is 1. The van der Waals surface area contributed by atoms with Crippen LogP contribution in [-0.4, -0.2) is 28.0 Å². The molecule has 120 valence electrons. The Balaban J connectivity index is 1.50. The second-order valence-corrected chi connectivity index (χ2v) is 6.94. The van der Waals surface area contributed by atoms with Crippen LogP contribution in [-0.2, 0) is 9.59 Å². The first-order valence-corrected chi connectivity index (χ1v) is 8.32. The molecule has 1 N–H and O–H groups in total. The number of hydrazone groups is 1. The van der Waals surface area contributed by atoms with Gasteiger partial charge in [-0.3, -0.25) is 9.59 Å². The van der Waals surface area contributed by atoms with E-state index < -0.39 is 0 Å². The molecule has 2 fully saturated rings. The van der Waals surface area contributed by atoms with Crippen LogP contribution in [0.4, 0.5) is 0 Å². The lowest BCUT2D eigenvalue weighted by Gasteiger charge is -2.13. The Kier molecular flexibility index (Phi) is 2.66. The molecule has 24 heavy (non-hydrogen) atoms. The van der Waals surface area contributed by atoms with Crippen LogP contribution in [0.1, 0.15) is 17.7 Å². The molecule has 2 aromatic rings. The van der Waals surface area contributed by atoms with E-state index in [1.807, 2.05) is 31.2 Å². The Morgan fingerprint density at radius 1 is 1.12 bits per heavy atom. The van der Waals surface area contributed by atoms with Crippen molar-refractivity contribution in [3.63, 3.8) is 0 Å². The summed E-state index contributed by atoms with van der Waals surface area (Å²) in [6.07, 6.45) is 6.76. The summed E-state index contributed by atoms with van der Waals surface area (Å²) < 4.78 is 0. The quantitative estimate of drug-likeness (QED) is 0.525. The topological polar surface area (TPSA) is 65.5 Å². The lowest BCUT2D eigenvalue weighted by atomic mass is 9.85. The Bertz CT molecular complexity index is 909. The van der Waals surface area contributed by atoms with Crippen molar-refractivity contribution in [2.75, 3.05) is 0 Å². The van der Waals surface area contributed by atoms with Gasteiger partial charge < -0.3 is 4.98 Å². The van der Waals surface area contributed by atoms with Gasteiger partial charge in [-0.2, -0.15) is 10.1 Å². The lowest BCUT2D eigenvalue weighted by molar-refractivity contribution is -0.140. The third kappa shape index (κ3) is 1.67. The van der Waals surface area contributed by atoms with Gasteiger partial charge in [-0.15, -0.1) is 0 Å². The highest BCUT2D eigenvalue weighted by molar-refractivity contribution is 6.08. The number of aromatic amines is 1. The zero-order valence-electron chi connectivity index (χ0n) is 13.3. The fraction of sp³-hybridized carbons (Fsp3) is 0.316. The molecule has 2 aliphatic carbocycles. The Morgan fingerprint density at radius 3 is 2.50 bits per heavy atom. The molecule has 1 aromatic heterocycles. The van der Waals surface area contributed by atoms with Gasteiger partial charge in [-0.05, 0) is 31.2 Å². The maximum atomic E-state index is 12.6. The van der Waals surface area contributed by atoms with Gasteiger partial charge in [-0.25, -0.2) is 0 Å². The van der Waals surface area contributed by atoms with Crippen molar-refractivity contribution in [2.24, 2.45) is 28.8 Å². The van der Waals surface area contributed by atoms with Crippen molar-refractivity contribution >= 4 is 28.9 Å². The molecule has 2 bridgehead atoms. The second kappa shape index (κ2) is 4.66. The summed E-state index contributed by atoms with van der Waals surface area (Å²) >= 11 is 0. The second-order valence-electron chi connectivity index (χ2n) is 6.94. The predicted molar refractivity (Wildman–Crippen MR) is 90.2 cm³/mol. The zero-order chi connectivity index (χ0) is 16.4. The molecule has 0 radical (unpaired) electrons. The number of H-pyrrole nitrogens is 1. The number of hydrogen-bond acceptors (Lipinski definition) is 3. The number of benzene rings is 1. The summed E-state index contributed by atoms with van der Waals surface area (Å²) in [5, 5.41) is 6.42. The number of nitrogens with one attached hydrogen (secondary N) is 1. The van der Waals surface area contributed by atoms with Crippen molar-refractivity contribution < 1.29 is 9.59 Å². The number of carbonyl (C=O) groups excluding carboxylic acids is 2. The highest BCUT2D eigenvalue weighted by Gasteiger charge is 2.59. The van der Waals surface area contributed by atoms with Gasteiger partial charge in [-0.1, -0.05) is 30.4 Å². The molecule has 1 saturated heterocycles. The lowest BCUT2D eigenvalue weighted by Crippen LogP contribution is -2.28. The summed E-state index contributed by atoms with van der Waals surface area (Å²) in [5.74, 6) is -0.258. The smallest absolute Gasteiger partial charge is 0.254 e. The first-order chi connectivity index (χ1) is 11.6. The van der Waals surface area contributed by atoms with Crippen LogP contribution < -0.4 is 0 Å². The van der Waals surface area contributed by atoms with E-state index in [0.29, 0.717) is 0 Å². The van der Waals surface area contributed by atoms with Crippen molar-refractivity contribution in [1.82, 2.24) is 9.99 Å². The minimum absolute atomic E-state index is 0.143. The van der Waals surface area contributed by atoms with Crippen LogP contribution in [0.15, 0.2) is 41.5 Å². The molecule has 5 nitrogen and oxygen atoms in total. The van der Waals surface area contributed by atoms with Gasteiger partial charge in [0.25, 0.3) is 11.8 Å². The van der Waals surface area contributed by atoms with Crippen molar-refractivity contribution in [3.05, 3.63) is 47.7 Å². The van der Waals surface area contributed by atoms with Crippen LogP contribution in [0.2, 0.25) is 0 Å². The summed E-state index contributed by atoms with van der Waals surface area (Å²) in [5.41, 5.74) is 2.92. The molecule has 1 aliphatic heterocycles. The summed E-state index contributed by atoms with van der Waals surface area (Å²) in [4.78, 5) is 28.6. The molecule has 3 aliphatic rings. The summed E-state index contributed by atoms with van der Waals surface area (Å²) in [7, 11) is 0. The van der Waals surface area contributed by atoms with E-state index in [4.69, 9.17) is 0 Å². The first kappa shape index (κ1) is 13.7. The Hall–Kier alpha value is -2.69. The average Bonchev–Trinajstić information content (AvgIpc) is 3.30. The predicted octanol–water partition coefficient (Wildman–Crippen LogP) is 2.62. The average molecular weight is 319 g/mol. The first-order valence-electron chi connectivity index (χ1n) is 8.32. The van der Waals surface area contributed by atoms with E-state index in [0.717, 1.165) is 33.6 Å². The molecule has 1 aromatic carbocycles. The molecule has 0 spiro atoms. The number of fused-ring (bicyclic) bond motifs is 6. The third-order valence-corrected chi connectivity index (χ3v) is 5.69. The summed E-state index contributed by atoms with van der Waals surface area (Å²) in [6, 6.07) is 7.94. The Morgan fingerprint density at radius 2 is 1.79 bits per heavy atom. The van der Waals surface area contributed by atoms with Crippen LogP contribution in [0.3, 0.4) is 0 Å². The van der Waals surface area contributed by atoms with E-state index in [2.05, 4.69) is 22.2 Å². The van der Waals surface area contributed by atoms with E-state index >= 15 is 0 Å². The number of aryl methyl sites for hydroxylation is 1. The molecular formula is C19H17N3O2. The highest BCUT2D eigenvalue weighted by atomic mass is 16.2. The van der Waals surface area contributed by atoms with Crippen molar-refractivity contribution in [3.8, 4) is 0 Å². The number of para-hydroxylation sites is 1. The minimum atomic E-state index is -0.200. The van der Waals surface area contributed by atoms with Crippen LogP contribution in [0, 0.1) is 30.6 Å². The molecule has 2 amide bonds. The van der Waals surface area contributed by atoms with Gasteiger partial charge in [0.05, 0.1) is 18.1 Å². The van der Waals surface area contributed by atoms with E-state index in [1.165, 1.54) is 0 Å². The number of imide groups is 1. The molecule has 1 saturated carbocycles. The van der Waals surface area contributed by atoms with Crippen LogP contribution in [0.5, 0.6) is 0 Å². The van der Waals surface area contributed by atoms with E-state index in [9.17, 15) is 9.59 Å². The Labute approximate surface area is 139 Å². The summed E-state index contributed by atoms with van der Waals surface area (Å²) in [6.45, 7) is 1.97. The van der Waals surface area contributed by atoms with Gasteiger partial charge in [0.1, 0.15) is 0 Å². The van der Waals surface area contributed by atoms with Gasteiger partial charge in [0.2, 0.25) is 0 Å². The number of allylic oxidation sites excluding steroid dienone is 2. The number of amides is 2. The largest absolute Gasteiger partial charge is 0.358 e.